The number of amides is 4. The van der Waals surface area contributed by atoms with Gasteiger partial charge < -0.3 is 97.1 Å². The summed E-state index contributed by atoms with van der Waals surface area (Å²) in [6.07, 6.45) is 2.65. The van der Waals surface area contributed by atoms with E-state index in [1.807, 2.05) is 0 Å². The van der Waals surface area contributed by atoms with Gasteiger partial charge in [0.05, 0.1) is 211 Å². The van der Waals surface area contributed by atoms with Crippen molar-refractivity contribution in [2.45, 2.75) is 12.8 Å². The van der Waals surface area contributed by atoms with Crippen molar-refractivity contribution in [2.24, 2.45) is 0 Å². The number of rotatable bonds is 56. The lowest BCUT2D eigenvalue weighted by atomic mass is 10.3. The molecule has 4 N–H and O–H groups in total. The van der Waals surface area contributed by atoms with E-state index in [0.717, 1.165) is 0 Å². The molecule has 0 saturated heterocycles. The van der Waals surface area contributed by atoms with Gasteiger partial charge in [0.1, 0.15) is 11.4 Å². The number of carbonyl (C=O) groups excluding carboxylic acids is 4. The van der Waals surface area contributed by atoms with Gasteiger partial charge in [-0.2, -0.15) is 0 Å². The number of methoxy groups -OCH3 is 2. The summed E-state index contributed by atoms with van der Waals surface area (Å²) in [5.41, 5.74) is 0.00375. The first-order valence-electron chi connectivity index (χ1n) is 24.5. The Hall–Kier alpha value is -3.68. The van der Waals surface area contributed by atoms with E-state index in [-0.39, 0.29) is 75.4 Å². The van der Waals surface area contributed by atoms with Crippen molar-refractivity contribution in [1.82, 2.24) is 31.2 Å². The molecule has 0 atom stereocenters. The molecule has 26 heteroatoms. The highest BCUT2D eigenvalue weighted by molar-refractivity contribution is 5.94. The number of nitrogens with one attached hydrogen (secondary N) is 4. The molecule has 0 aromatic carbocycles. The van der Waals surface area contributed by atoms with Crippen LogP contribution in [0.5, 0.6) is 0 Å². The van der Waals surface area contributed by atoms with Crippen molar-refractivity contribution >= 4 is 23.6 Å². The first kappa shape index (κ1) is 66.3. The topological polar surface area (TPSA) is 290 Å². The zero-order chi connectivity index (χ0) is 51.9. The molecular weight excluding hydrogens is 957 g/mol. The molecule has 72 heavy (non-hydrogen) atoms. The fourth-order valence-corrected chi connectivity index (χ4v) is 5.13. The lowest BCUT2D eigenvalue weighted by Crippen LogP contribution is -2.36. The van der Waals surface area contributed by atoms with Crippen LogP contribution in [0.4, 0.5) is 0 Å². The Morgan fingerprint density at radius 1 is 0.306 bits per heavy atom. The summed E-state index contributed by atoms with van der Waals surface area (Å²) in [6, 6.07) is 0. The molecule has 0 unspecified atom stereocenters. The summed E-state index contributed by atoms with van der Waals surface area (Å²) in [4.78, 5) is 57.1. The Bertz CT molecular complexity index is 1290. The zero-order valence-corrected chi connectivity index (χ0v) is 42.7. The SMILES string of the molecule is COCCOCCOCCOCCOCCOCCOCCOCCC(=O)NCCNC(=O)c1cnc(C(=O)NCCNC(=O)CCOCCOCCOCCOCCOCCOCCOCCOC)cn1. The number of hydrogen-bond acceptors (Lipinski definition) is 22. The molecule has 0 spiro atoms. The van der Waals surface area contributed by atoms with Crippen LogP contribution in [0.2, 0.25) is 0 Å². The third kappa shape index (κ3) is 46.1. The van der Waals surface area contributed by atoms with Gasteiger partial charge >= 0.3 is 0 Å². The van der Waals surface area contributed by atoms with Gasteiger partial charge in [0.2, 0.25) is 11.8 Å². The van der Waals surface area contributed by atoms with E-state index in [9.17, 15) is 19.2 Å². The molecule has 0 aliphatic rings. The van der Waals surface area contributed by atoms with Gasteiger partial charge in [0.15, 0.2) is 0 Å². The summed E-state index contributed by atoms with van der Waals surface area (Å²) < 4.78 is 85.7. The smallest absolute Gasteiger partial charge is 0.271 e. The largest absolute Gasteiger partial charge is 0.382 e. The van der Waals surface area contributed by atoms with Gasteiger partial charge in [-0.1, -0.05) is 0 Å². The first-order chi connectivity index (χ1) is 35.5. The van der Waals surface area contributed by atoms with Gasteiger partial charge in [0.25, 0.3) is 11.8 Å². The van der Waals surface area contributed by atoms with Crippen LogP contribution >= 0.6 is 0 Å². The maximum Gasteiger partial charge on any atom is 0.271 e. The Morgan fingerprint density at radius 3 is 0.708 bits per heavy atom. The van der Waals surface area contributed by atoms with E-state index in [1.165, 1.54) is 12.4 Å². The third-order valence-corrected chi connectivity index (χ3v) is 8.86. The maximum absolute atomic E-state index is 12.4. The van der Waals surface area contributed by atoms with E-state index in [2.05, 4.69) is 31.2 Å². The molecular formula is C46H84N6O20. The van der Waals surface area contributed by atoms with Crippen molar-refractivity contribution in [3.63, 3.8) is 0 Å². The molecule has 0 saturated carbocycles. The molecule has 4 amide bonds. The molecule has 0 fully saturated rings. The number of aromatic nitrogens is 2. The summed E-state index contributed by atoms with van der Waals surface area (Å²) in [6.45, 7) is 14.2. The Balaban J connectivity index is 1.87. The van der Waals surface area contributed by atoms with Gasteiger partial charge in [-0.3, -0.25) is 19.2 Å². The second-order valence-corrected chi connectivity index (χ2v) is 14.6. The Labute approximate surface area is 424 Å². The van der Waals surface area contributed by atoms with Gasteiger partial charge in [0, 0.05) is 53.2 Å². The highest BCUT2D eigenvalue weighted by atomic mass is 16.6. The van der Waals surface area contributed by atoms with Gasteiger partial charge in [-0.05, 0) is 0 Å². The van der Waals surface area contributed by atoms with Crippen molar-refractivity contribution in [3.8, 4) is 0 Å². The third-order valence-electron chi connectivity index (χ3n) is 8.86. The molecule has 1 aromatic rings. The molecule has 0 aliphatic carbocycles. The maximum atomic E-state index is 12.4. The van der Waals surface area contributed by atoms with Crippen LogP contribution in [0, 0.1) is 0 Å². The monoisotopic (exact) mass is 1040 g/mol. The molecule has 1 aromatic heterocycles. The minimum Gasteiger partial charge on any atom is -0.382 e. The quantitative estimate of drug-likeness (QED) is 0.0539. The Morgan fingerprint density at radius 2 is 0.500 bits per heavy atom. The number of ether oxygens (including phenoxy) is 16. The van der Waals surface area contributed by atoms with E-state index >= 15 is 0 Å². The van der Waals surface area contributed by atoms with Crippen LogP contribution in [0.25, 0.3) is 0 Å². The fraction of sp³-hybridized carbons (Fsp3) is 0.826. The minimum atomic E-state index is -0.516. The molecule has 1 heterocycles. The number of nitrogens with zero attached hydrogens (tertiary/aromatic N) is 2. The molecule has 0 aliphatic heterocycles. The summed E-state index contributed by atoms with van der Waals surface area (Å²) in [5, 5.41) is 10.7. The van der Waals surface area contributed by atoms with Crippen LogP contribution < -0.4 is 21.3 Å². The summed E-state index contributed by atoms with van der Waals surface area (Å²) >= 11 is 0. The van der Waals surface area contributed by atoms with Gasteiger partial charge in [-0.15, -0.1) is 0 Å². The molecule has 418 valence electrons. The Kier molecular flexibility index (Phi) is 49.4. The second kappa shape index (κ2) is 53.6. The van der Waals surface area contributed by atoms with Crippen molar-refractivity contribution in [2.75, 3.05) is 239 Å². The highest BCUT2D eigenvalue weighted by Gasteiger charge is 2.12. The van der Waals surface area contributed by atoms with E-state index in [4.69, 9.17) is 75.8 Å². The lowest BCUT2D eigenvalue weighted by Gasteiger charge is -2.09. The summed E-state index contributed by atoms with van der Waals surface area (Å²) in [7, 11) is 3.26. The average molecular weight is 1040 g/mol. The van der Waals surface area contributed by atoms with Crippen LogP contribution in [0.1, 0.15) is 33.8 Å². The lowest BCUT2D eigenvalue weighted by molar-refractivity contribution is -0.123. The van der Waals surface area contributed by atoms with Gasteiger partial charge in [-0.25, -0.2) is 9.97 Å². The number of carbonyl (C=O) groups is 4. The van der Waals surface area contributed by atoms with Crippen LogP contribution in [-0.4, -0.2) is 272 Å². The molecule has 26 nitrogen and oxygen atoms in total. The average Bonchev–Trinajstić information content (AvgIpc) is 3.39. The minimum absolute atomic E-state index is 0.00187. The molecule has 0 radical (unpaired) electrons. The van der Waals surface area contributed by atoms with E-state index in [0.29, 0.717) is 185 Å². The van der Waals surface area contributed by atoms with E-state index in [1.54, 1.807) is 14.2 Å². The normalized spacial score (nSPS) is 11.2. The fourth-order valence-electron chi connectivity index (χ4n) is 5.13. The molecule has 1 rings (SSSR count). The summed E-state index contributed by atoms with van der Waals surface area (Å²) in [5.74, 6) is -1.50. The predicted octanol–water partition coefficient (Wildman–Crippen LogP) is -1.53. The second-order valence-electron chi connectivity index (χ2n) is 14.6. The zero-order valence-electron chi connectivity index (χ0n) is 42.7. The first-order valence-corrected chi connectivity index (χ1v) is 24.5. The van der Waals surface area contributed by atoms with Crippen LogP contribution in [-0.2, 0) is 85.4 Å². The van der Waals surface area contributed by atoms with E-state index < -0.39 is 11.8 Å². The standard InChI is InChI=1S/C46H84N6O20/c1-57-11-13-61-19-21-65-27-29-69-35-37-71-33-31-67-25-23-63-17-15-59-9-3-43(53)47-5-7-49-45(55)41-39-52-42(40-51-41)46(56)50-8-6-48-44(54)4-10-60-16-18-64-24-26-68-32-34-72-38-36-70-30-28-66-22-20-62-14-12-58-2/h39-40H,3-38H2,1-2H3,(H,47,53)(H,48,54)(H,49,55)(H,50,56). The van der Waals surface area contributed by atoms with Crippen LogP contribution in [0.15, 0.2) is 12.4 Å². The predicted molar refractivity (Wildman–Crippen MR) is 257 cm³/mol. The van der Waals surface area contributed by atoms with Crippen molar-refractivity contribution in [3.05, 3.63) is 23.8 Å². The van der Waals surface area contributed by atoms with Crippen molar-refractivity contribution < 1.29 is 95.0 Å². The highest BCUT2D eigenvalue weighted by Crippen LogP contribution is 1.97. The number of hydrogen-bond donors (Lipinski definition) is 4. The van der Waals surface area contributed by atoms with Crippen LogP contribution in [0.3, 0.4) is 0 Å². The van der Waals surface area contributed by atoms with Crippen molar-refractivity contribution in [1.29, 1.82) is 0 Å². The molecule has 0 bridgehead atoms.